The molecule has 0 saturated heterocycles. The molecule has 0 radical (unpaired) electrons. The lowest BCUT2D eigenvalue weighted by molar-refractivity contribution is -0.117. The topological polar surface area (TPSA) is 41.1 Å². The number of hydrogen-bond donors (Lipinski definition) is 2. The Kier molecular flexibility index (Phi) is 4.71. The first-order valence-corrected chi connectivity index (χ1v) is 7.16. The maximum atomic E-state index is 12.0. The molecule has 0 saturated carbocycles. The van der Waals surface area contributed by atoms with Crippen molar-refractivity contribution in [3.63, 3.8) is 0 Å². The molecule has 0 aliphatic heterocycles. The highest BCUT2D eigenvalue weighted by molar-refractivity contribution is 7.09. The summed E-state index contributed by atoms with van der Waals surface area (Å²) in [5.74, 6) is -0.0135. The highest BCUT2D eigenvalue weighted by atomic mass is 32.1. The SMILES string of the molecule is Cc1ccc(NC(=O)[C@@H](C)NCc2cccs2)cc1. The summed E-state index contributed by atoms with van der Waals surface area (Å²) >= 11 is 1.69. The molecule has 2 aromatic rings. The van der Waals surface area contributed by atoms with E-state index in [0.29, 0.717) is 0 Å². The Morgan fingerprint density at radius 3 is 2.63 bits per heavy atom. The van der Waals surface area contributed by atoms with Crippen LogP contribution >= 0.6 is 11.3 Å². The Morgan fingerprint density at radius 1 is 1.26 bits per heavy atom. The van der Waals surface area contributed by atoms with Crippen LogP contribution in [0.4, 0.5) is 5.69 Å². The van der Waals surface area contributed by atoms with Crippen molar-refractivity contribution in [3.8, 4) is 0 Å². The van der Waals surface area contributed by atoms with Crippen LogP contribution in [0.2, 0.25) is 0 Å². The molecule has 0 spiro atoms. The standard InChI is InChI=1S/C15H18N2OS/c1-11-5-7-13(8-6-11)17-15(18)12(2)16-10-14-4-3-9-19-14/h3-9,12,16H,10H2,1-2H3,(H,17,18)/t12-/m1/s1. The predicted octanol–water partition coefficient (Wildman–Crippen LogP) is 3.17. The molecule has 0 unspecified atom stereocenters. The van der Waals surface area contributed by atoms with E-state index >= 15 is 0 Å². The summed E-state index contributed by atoms with van der Waals surface area (Å²) in [6, 6.07) is 11.7. The van der Waals surface area contributed by atoms with Crippen LogP contribution in [-0.2, 0) is 11.3 Å². The summed E-state index contributed by atoms with van der Waals surface area (Å²) in [4.78, 5) is 13.2. The molecule has 4 heteroatoms. The van der Waals surface area contributed by atoms with Gasteiger partial charge in [-0.05, 0) is 37.4 Å². The van der Waals surface area contributed by atoms with Gasteiger partial charge in [-0.3, -0.25) is 4.79 Å². The first kappa shape index (κ1) is 13.8. The highest BCUT2D eigenvalue weighted by Gasteiger charge is 2.12. The van der Waals surface area contributed by atoms with Gasteiger partial charge in [0.15, 0.2) is 0 Å². The average molecular weight is 274 g/mol. The summed E-state index contributed by atoms with van der Waals surface area (Å²) in [5, 5.41) is 8.15. The Morgan fingerprint density at radius 2 is 2.00 bits per heavy atom. The minimum Gasteiger partial charge on any atom is -0.325 e. The molecule has 0 bridgehead atoms. The van der Waals surface area contributed by atoms with Crippen molar-refractivity contribution in [3.05, 3.63) is 52.2 Å². The number of aryl methyl sites for hydroxylation is 1. The molecule has 1 amide bonds. The number of rotatable bonds is 5. The smallest absolute Gasteiger partial charge is 0.241 e. The molecule has 0 aliphatic rings. The van der Waals surface area contributed by atoms with Crippen LogP contribution in [0, 0.1) is 6.92 Å². The maximum Gasteiger partial charge on any atom is 0.241 e. The zero-order valence-electron chi connectivity index (χ0n) is 11.1. The number of anilines is 1. The largest absolute Gasteiger partial charge is 0.325 e. The van der Waals surface area contributed by atoms with Crippen molar-refractivity contribution in [1.82, 2.24) is 5.32 Å². The number of carbonyl (C=O) groups is 1. The quantitative estimate of drug-likeness (QED) is 0.879. The van der Waals surface area contributed by atoms with Gasteiger partial charge < -0.3 is 10.6 Å². The predicted molar refractivity (Wildman–Crippen MR) is 80.4 cm³/mol. The summed E-state index contributed by atoms with van der Waals surface area (Å²) in [5.41, 5.74) is 2.02. The van der Waals surface area contributed by atoms with Gasteiger partial charge in [0.2, 0.25) is 5.91 Å². The van der Waals surface area contributed by atoms with E-state index in [0.717, 1.165) is 12.2 Å². The molecule has 1 aromatic heterocycles. The van der Waals surface area contributed by atoms with E-state index in [2.05, 4.69) is 16.7 Å². The maximum absolute atomic E-state index is 12.0. The molecule has 2 N–H and O–H groups in total. The van der Waals surface area contributed by atoms with Gasteiger partial charge >= 0.3 is 0 Å². The fourth-order valence-corrected chi connectivity index (χ4v) is 2.30. The van der Waals surface area contributed by atoms with Crippen LogP contribution in [0.1, 0.15) is 17.4 Å². The molecule has 1 aromatic carbocycles. The van der Waals surface area contributed by atoms with Crippen LogP contribution in [0.5, 0.6) is 0 Å². The molecule has 1 heterocycles. The van der Waals surface area contributed by atoms with Crippen molar-refractivity contribution in [2.24, 2.45) is 0 Å². The fraction of sp³-hybridized carbons (Fsp3) is 0.267. The Labute approximate surface area is 117 Å². The summed E-state index contributed by atoms with van der Waals surface area (Å²) < 4.78 is 0. The number of thiophene rings is 1. The van der Waals surface area contributed by atoms with Crippen LogP contribution < -0.4 is 10.6 Å². The molecule has 0 fully saturated rings. The van der Waals surface area contributed by atoms with Crippen LogP contribution in [0.25, 0.3) is 0 Å². The lowest BCUT2D eigenvalue weighted by Crippen LogP contribution is -2.37. The van der Waals surface area contributed by atoms with Crippen LogP contribution in [-0.4, -0.2) is 11.9 Å². The van der Waals surface area contributed by atoms with E-state index in [9.17, 15) is 4.79 Å². The summed E-state index contributed by atoms with van der Waals surface area (Å²) in [6.45, 7) is 4.62. The normalized spacial score (nSPS) is 12.1. The van der Waals surface area contributed by atoms with Crippen molar-refractivity contribution < 1.29 is 4.79 Å². The van der Waals surface area contributed by atoms with Crippen molar-refractivity contribution in [2.75, 3.05) is 5.32 Å². The number of amides is 1. The van der Waals surface area contributed by atoms with E-state index in [1.807, 2.05) is 49.6 Å². The van der Waals surface area contributed by atoms with Gasteiger partial charge in [-0.15, -0.1) is 11.3 Å². The molecular weight excluding hydrogens is 256 g/mol. The van der Waals surface area contributed by atoms with E-state index in [1.54, 1.807) is 11.3 Å². The second-order valence-corrected chi connectivity index (χ2v) is 5.57. The number of benzene rings is 1. The van der Waals surface area contributed by atoms with E-state index in [4.69, 9.17) is 0 Å². The Balaban J connectivity index is 1.83. The molecule has 0 aliphatic carbocycles. The van der Waals surface area contributed by atoms with Crippen molar-refractivity contribution >= 4 is 22.9 Å². The Hall–Kier alpha value is -1.65. The van der Waals surface area contributed by atoms with E-state index in [-0.39, 0.29) is 11.9 Å². The molecule has 19 heavy (non-hydrogen) atoms. The van der Waals surface area contributed by atoms with Crippen LogP contribution in [0.3, 0.4) is 0 Å². The average Bonchev–Trinajstić information content (AvgIpc) is 2.91. The number of hydrogen-bond acceptors (Lipinski definition) is 3. The molecular formula is C15H18N2OS. The highest BCUT2D eigenvalue weighted by Crippen LogP contribution is 2.10. The molecule has 100 valence electrons. The zero-order chi connectivity index (χ0) is 13.7. The molecule has 2 rings (SSSR count). The summed E-state index contributed by atoms with van der Waals surface area (Å²) in [6.07, 6.45) is 0. The lowest BCUT2D eigenvalue weighted by atomic mass is 10.2. The minimum absolute atomic E-state index is 0.0135. The second-order valence-electron chi connectivity index (χ2n) is 4.54. The van der Waals surface area contributed by atoms with Gasteiger partial charge in [0.05, 0.1) is 6.04 Å². The zero-order valence-corrected chi connectivity index (χ0v) is 12.0. The minimum atomic E-state index is -0.219. The Bertz CT molecular complexity index is 520. The van der Waals surface area contributed by atoms with Gasteiger partial charge in [0, 0.05) is 17.1 Å². The van der Waals surface area contributed by atoms with E-state index < -0.39 is 0 Å². The monoisotopic (exact) mass is 274 g/mol. The van der Waals surface area contributed by atoms with E-state index in [1.165, 1.54) is 10.4 Å². The van der Waals surface area contributed by atoms with Crippen LogP contribution in [0.15, 0.2) is 41.8 Å². The number of nitrogens with one attached hydrogen (secondary N) is 2. The van der Waals surface area contributed by atoms with Gasteiger partial charge in [-0.1, -0.05) is 23.8 Å². The molecule has 1 atom stereocenters. The van der Waals surface area contributed by atoms with Gasteiger partial charge in [0.25, 0.3) is 0 Å². The third-order valence-electron chi connectivity index (χ3n) is 2.87. The van der Waals surface area contributed by atoms with Crippen molar-refractivity contribution in [2.45, 2.75) is 26.4 Å². The van der Waals surface area contributed by atoms with Gasteiger partial charge in [0.1, 0.15) is 0 Å². The summed E-state index contributed by atoms with van der Waals surface area (Å²) in [7, 11) is 0. The molecule has 3 nitrogen and oxygen atoms in total. The van der Waals surface area contributed by atoms with Gasteiger partial charge in [-0.25, -0.2) is 0 Å². The first-order chi connectivity index (χ1) is 9.15. The van der Waals surface area contributed by atoms with Gasteiger partial charge in [-0.2, -0.15) is 0 Å². The first-order valence-electron chi connectivity index (χ1n) is 6.28. The van der Waals surface area contributed by atoms with Crippen molar-refractivity contribution in [1.29, 1.82) is 0 Å². The third-order valence-corrected chi connectivity index (χ3v) is 3.75. The third kappa shape index (κ3) is 4.19. The number of carbonyl (C=O) groups excluding carboxylic acids is 1. The fourth-order valence-electron chi connectivity index (χ4n) is 1.65. The second kappa shape index (κ2) is 6.50. The lowest BCUT2D eigenvalue weighted by Gasteiger charge is -2.13.